The van der Waals surface area contributed by atoms with Crippen molar-refractivity contribution >= 4 is 39.7 Å². The van der Waals surface area contributed by atoms with Crippen molar-refractivity contribution in [2.24, 2.45) is 5.10 Å². The van der Waals surface area contributed by atoms with Gasteiger partial charge in [0.1, 0.15) is 17.6 Å². The molecular weight excluding hydrogens is 482 g/mol. The highest BCUT2D eigenvalue weighted by atomic mass is 35.5. The van der Waals surface area contributed by atoms with E-state index in [1.54, 1.807) is 30.3 Å². The number of amides is 1. The number of carbonyl (C=O) groups is 2. The van der Waals surface area contributed by atoms with Crippen molar-refractivity contribution < 1.29 is 27.5 Å². The normalized spacial score (nSPS) is 16.7. The van der Waals surface area contributed by atoms with Gasteiger partial charge in [0.05, 0.1) is 16.7 Å². The van der Waals surface area contributed by atoms with Crippen LogP contribution in [0.3, 0.4) is 0 Å². The molecule has 0 spiro atoms. The maximum atomic E-state index is 13.0. The molecule has 34 heavy (non-hydrogen) atoms. The van der Waals surface area contributed by atoms with Gasteiger partial charge in [0.15, 0.2) is 0 Å². The summed E-state index contributed by atoms with van der Waals surface area (Å²) in [6, 6.07) is 14.5. The van der Waals surface area contributed by atoms with E-state index < -0.39 is 27.9 Å². The minimum absolute atomic E-state index is 0.0601. The van der Waals surface area contributed by atoms with Crippen LogP contribution in [0, 0.1) is 0 Å². The molecule has 176 valence electrons. The molecule has 1 aliphatic rings. The number of rotatable bonds is 7. The van der Waals surface area contributed by atoms with Gasteiger partial charge < -0.3 is 9.52 Å². The molecule has 3 aromatic rings. The van der Waals surface area contributed by atoms with E-state index in [-0.39, 0.29) is 22.8 Å². The Labute approximate surface area is 200 Å². The molecule has 2 heterocycles. The average Bonchev–Trinajstić information content (AvgIpc) is 3.50. The summed E-state index contributed by atoms with van der Waals surface area (Å²) in [5, 5.41) is 13.6. The number of aromatic carboxylic acids is 1. The lowest BCUT2D eigenvalue weighted by Gasteiger charge is -2.22. The summed E-state index contributed by atoms with van der Waals surface area (Å²) in [6.45, 7) is 0.220. The second kappa shape index (κ2) is 9.80. The maximum Gasteiger partial charge on any atom is 0.336 e. The predicted molar refractivity (Wildman–Crippen MR) is 125 cm³/mol. The first-order chi connectivity index (χ1) is 16.3. The molecule has 2 aromatic carbocycles. The van der Waals surface area contributed by atoms with Crippen molar-refractivity contribution in [3.05, 3.63) is 77.0 Å². The first-order valence-electron chi connectivity index (χ1n) is 10.3. The van der Waals surface area contributed by atoms with Crippen LogP contribution in [0.1, 0.15) is 29.0 Å². The fourth-order valence-corrected chi connectivity index (χ4v) is 5.50. The monoisotopic (exact) mass is 501 g/mol. The third-order valence-electron chi connectivity index (χ3n) is 5.34. The quantitative estimate of drug-likeness (QED) is 0.376. The van der Waals surface area contributed by atoms with Crippen LogP contribution in [-0.4, -0.2) is 48.5 Å². The highest BCUT2D eigenvalue weighted by molar-refractivity contribution is 7.89. The van der Waals surface area contributed by atoms with Crippen LogP contribution in [0.4, 0.5) is 0 Å². The van der Waals surface area contributed by atoms with Crippen LogP contribution < -0.4 is 5.43 Å². The number of nitrogens with one attached hydrogen (secondary N) is 1. The first-order valence-corrected chi connectivity index (χ1v) is 12.1. The van der Waals surface area contributed by atoms with Gasteiger partial charge in [0.25, 0.3) is 5.91 Å². The van der Waals surface area contributed by atoms with Gasteiger partial charge in [-0.1, -0.05) is 29.8 Å². The van der Waals surface area contributed by atoms with Crippen molar-refractivity contribution in [3.8, 4) is 11.3 Å². The van der Waals surface area contributed by atoms with Gasteiger partial charge in [0, 0.05) is 17.1 Å². The number of hydrogen-bond acceptors (Lipinski definition) is 6. The molecular formula is C23H20ClN3O6S. The summed E-state index contributed by atoms with van der Waals surface area (Å²) in [5.74, 6) is -1.02. The summed E-state index contributed by atoms with van der Waals surface area (Å²) in [5.41, 5.74) is 2.87. The van der Waals surface area contributed by atoms with Gasteiger partial charge in [-0.25, -0.2) is 18.6 Å². The number of benzene rings is 2. The Morgan fingerprint density at radius 1 is 1.12 bits per heavy atom. The molecule has 1 aliphatic heterocycles. The largest absolute Gasteiger partial charge is 0.478 e. The van der Waals surface area contributed by atoms with Crippen molar-refractivity contribution in [3.63, 3.8) is 0 Å². The predicted octanol–water partition coefficient (Wildman–Crippen LogP) is 3.60. The topological polar surface area (TPSA) is 129 Å². The Balaban J connectivity index is 1.44. The van der Waals surface area contributed by atoms with Crippen LogP contribution in [-0.2, 0) is 14.8 Å². The lowest BCUT2D eigenvalue weighted by molar-refractivity contribution is -0.124. The van der Waals surface area contributed by atoms with E-state index in [2.05, 4.69) is 10.5 Å². The summed E-state index contributed by atoms with van der Waals surface area (Å²) in [4.78, 5) is 24.1. The molecule has 1 fully saturated rings. The summed E-state index contributed by atoms with van der Waals surface area (Å²) in [6.07, 6.45) is 2.17. The van der Waals surface area contributed by atoms with Gasteiger partial charge in [0.2, 0.25) is 10.0 Å². The third kappa shape index (κ3) is 4.89. The van der Waals surface area contributed by atoms with E-state index >= 15 is 0 Å². The molecule has 9 nitrogen and oxygen atoms in total. The molecule has 0 bridgehead atoms. The SMILES string of the molecule is O=C(O)c1ccccc1-c1ccc(/C=N\NC(=O)[C@@H]2CCCN2S(=O)(=O)c2ccc(Cl)cc2)o1. The zero-order valence-corrected chi connectivity index (χ0v) is 19.3. The van der Waals surface area contributed by atoms with Crippen molar-refractivity contribution in [2.75, 3.05) is 6.54 Å². The number of carboxylic acids is 1. The van der Waals surface area contributed by atoms with Gasteiger partial charge in [-0.3, -0.25) is 4.79 Å². The number of carbonyl (C=O) groups excluding carboxylic acids is 1. The molecule has 2 N–H and O–H groups in total. The van der Waals surface area contributed by atoms with Crippen LogP contribution >= 0.6 is 11.6 Å². The molecule has 11 heteroatoms. The van der Waals surface area contributed by atoms with Gasteiger partial charge in [-0.2, -0.15) is 9.41 Å². The highest BCUT2D eigenvalue weighted by Crippen LogP contribution is 2.27. The molecule has 0 unspecified atom stereocenters. The fraction of sp³-hybridized carbons (Fsp3) is 0.174. The number of halogens is 1. The number of hydrogen-bond donors (Lipinski definition) is 2. The zero-order valence-electron chi connectivity index (χ0n) is 17.7. The van der Waals surface area contributed by atoms with E-state index in [1.165, 1.54) is 36.5 Å². The Morgan fingerprint density at radius 2 is 1.85 bits per heavy atom. The molecule has 0 radical (unpaired) electrons. The number of sulfonamides is 1. The molecule has 0 saturated carbocycles. The highest BCUT2D eigenvalue weighted by Gasteiger charge is 2.39. The van der Waals surface area contributed by atoms with Crippen molar-refractivity contribution in [1.29, 1.82) is 0 Å². The molecule has 1 amide bonds. The van der Waals surface area contributed by atoms with Gasteiger partial charge in [-0.15, -0.1) is 0 Å². The maximum absolute atomic E-state index is 13.0. The Hall–Kier alpha value is -3.47. The van der Waals surface area contributed by atoms with Crippen molar-refractivity contribution in [2.45, 2.75) is 23.8 Å². The summed E-state index contributed by atoms with van der Waals surface area (Å²) < 4.78 is 32.7. The first kappa shape index (κ1) is 23.7. The van der Waals surface area contributed by atoms with Gasteiger partial charge >= 0.3 is 5.97 Å². The number of hydrazone groups is 1. The summed E-state index contributed by atoms with van der Waals surface area (Å²) >= 11 is 5.84. The van der Waals surface area contributed by atoms with E-state index in [9.17, 15) is 23.1 Å². The lowest BCUT2D eigenvalue weighted by Crippen LogP contribution is -2.44. The minimum atomic E-state index is -3.87. The third-order valence-corrected chi connectivity index (χ3v) is 7.52. The number of carboxylic acid groups (broad SMARTS) is 1. The fourth-order valence-electron chi connectivity index (χ4n) is 3.72. The number of furan rings is 1. The van der Waals surface area contributed by atoms with Crippen LogP contribution in [0.25, 0.3) is 11.3 Å². The van der Waals surface area contributed by atoms with E-state index in [4.69, 9.17) is 16.0 Å². The zero-order chi connectivity index (χ0) is 24.3. The smallest absolute Gasteiger partial charge is 0.336 e. The Morgan fingerprint density at radius 3 is 2.59 bits per heavy atom. The molecule has 1 aromatic heterocycles. The Kier molecular flexibility index (Phi) is 6.82. The second-order valence-corrected chi connectivity index (χ2v) is 9.84. The average molecular weight is 502 g/mol. The molecule has 4 rings (SSSR count). The van der Waals surface area contributed by atoms with Crippen LogP contribution in [0.5, 0.6) is 0 Å². The minimum Gasteiger partial charge on any atom is -0.478 e. The van der Waals surface area contributed by atoms with E-state index in [0.29, 0.717) is 29.2 Å². The molecule has 0 aliphatic carbocycles. The summed E-state index contributed by atoms with van der Waals surface area (Å²) in [7, 11) is -3.87. The van der Waals surface area contributed by atoms with Gasteiger partial charge in [-0.05, 0) is 55.3 Å². The molecule has 1 atom stereocenters. The van der Waals surface area contributed by atoms with E-state index in [1.807, 2.05) is 0 Å². The van der Waals surface area contributed by atoms with Crippen LogP contribution in [0.2, 0.25) is 5.02 Å². The molecule has 1 saturated heterocycles. The standard InChI is InChI=1S/C23H20ClN3O6S/c24-15-7-10-17(11-8-15)34(31,32)27-13-3-6-20(27)22(28)26-25-14-16-9-12-21(33-16)18-4-1-2-5-19(18)23(29)30/h1-2,4-5,7-12,14,20H,3,6,13H2,(H,26,28)(H,29,30)/b25-14-/t20-/m0/s1. The lowest BCUT2D eigenvalue weighted by atomic mass is 10.1. The van der Waals surface area contributed by atoms with Crippen molar-refractivity contribution in [1.82, 2.24) is 9.73 Å². The van der Waals surface area contributed by atoms with E-state index in [0.717, 1.165) is 4.31 Å². The number of nitrogens with zero attached hydrogens (tertiary/aromatic N) is 2. The second-order valence-electron chi connectivity index (χ2n) is 7.51. The van der Waals surface area contributed by atoms with Crippen LogP contribution in [0.15, 0.2) is 75.1 Å². The Bertz CT molecular complexity index is 1350.